The molecule has 114 valence electrons. The first-order valence-electron chi connectivity index (χ1n) is 7.22. The van der Waals surface area contributed by atoms with E-state index in [0.717, 1.165) is 47.7 Å². The highest BCUT2D eigenvalue weighted by atomic mass is 16.5. The van der Waals surface area contributed by atoms with E-state index in [1.54, 1.807) is 5.48 Å². The number of pyridine rings is 1. The quantitative estimate of drug-likeness (QED) is 0.563. The topological polar surface area (TPSA) is 78.7 Å². The Bertz CT molecular complexity index is 649. The summed E-state index contributed by atoms with van der Waals surface area (Å²) in [5, 5.41) is 11.7. The van der Waals surface area contributed by atoms with Gasteiger partial charge in [0, 0.05) is 5.69 Å². The minimum atomic E-state index is -0.476. The minimum absolute atomic E-state index is 0.0106. The predicted octanol–water partition coefficient (Wildman–Crippen LogP) is 2.21. The van der Waals surface area contributed by atoms with Crippen LogP contribution in [0.2, 0.25) is 0 Å². The van der Waals surface area contributed by atoms with Crippen LogP contribution in [0.1, 0.15) is 36.7 Å². The Morgan fingerprint density at radius 1 is 1.38 bits per heavy atom. The van der Waals surface area contributed by atoms with E-state index in [0.29, 0.717) is 0 Å². The second-order valence-corrected chi connectivity index (χ2v) is 5.27. The lowest BCUT2D eigenvalue weighted by molar-refractivity contribution is -0.127. The summed E-state index contributed by atoms with van der Waals surface area (Å²) in [5.74, 6) is 0.357. The molecule has 0 aliphatic heterocycles. The summed E-state index contributed by atoms with van der Waals surface area (Å²) in [6.07, 6.45) is 2.99. The Morgan fingerprint density at radius 2 is 2.14 bits per heavy atom. The lowest BCUT2D eigenvalue weighted by Crippen LogP contribution is -2.27. The van der Waals surface area contributed by atoms with Gasteiger partial charge in [0.05, 0.1) is 12.2 Å². The van der Waals surface area contributed by atoms with Crippen molar-refractivity contribution in [1.29, 1.82) is 0 Å². The third-order valence-corrected chi connectivity index (χ3v) is 3.43. The van der Waals surface area contributed by atoms with E-state index >= 15 is 0 Å². The number of carbonyl (C=O) groups excluding carboxylic acids is 1. The number of imidazole rings is 1. The standard InChI is InChI=1S/C15H22N4O2/c1-4-5-6-12-15(16-9-14(20)18-21)19-11(3)7-10(2)8-13(19)17-12/h7-8,16,21H,4-6,9H2,1-3H3,(H,18,20). The van der Waals surface area contributed by atoms with Gasteiger partial charge in [0.2, 0.25) is 0 Å². The van der Waals surface area contributed by atoms with Crippen molar-refractivity contribution in [3.63, 3.8) is 0 Å². The average Bonchev–Trinajstić information content (AvgIpc) is 2.80. The molecule has 1 amide bonds. The molecular weight excluding hydrogens is 268 g/mol. The normalized spacial score (nSPS) is 10.9. The lowest BCUT2D eigenvalue weighted by atomic mass is 10.2. The zero-order valence-corrected chi connectivity index (χ0v) is 12.7. The van der Waals surface area contributed by atoms with Gasteiger partial charge in [0.15, 0.2) is 0 Å². The van der Waals surface area contributed by atoms with Crippen molar-refractivity contribution >= 4 is 17.4 Å². The number of hydrogen-bond donors (Lipinski definition) is 3. The Hall–Kier alpha value is -2.08. The predicted molar refractivity (Wildman–Crippen MR) is 81.7 cm³/mol. The van der Waals surface area contributed by atoms with E-state index in [1.165, 1.54) is 0 Å². The van der Waals surface area contributed by atoms with Crippen molar-refractivity contribution in [1.82, 2.24) is 14.9 Å². The van der Waals surface area contributed by atoms with Gasteiger partial charge in [0.25, 0.3) is 5.91 Å². The minimum Gasteiger partial charge on any atom is -0.360 e. The molecule has 2 aromatic heterocycles. The second-order valence-electron chi connectivity index (χ2n) is 5.27. The number of nitrogens with one attached hydrogen (secondary N) is 2. The van der Waals surface area contributed by atoms with Crippen LogP contribution in [0.4, 0.5) is 5.82 Å². The maximum absolute atomic E-state index is 11.3. The first-order chi connectivity index (χ1) is 10.1. The van der Waals surface area contributed by atoms with Crippen LogP contribution in [0.5, 0.6) is 0 Å². The van der Waals surface area contributed by atoms with Crippen LogP contribution in [0.3, 0.4) is 0 Å². The van der Waals surface area contributed by atoms with Gasteiger partial charge >= 0.3 is 0 Å². The van der Waals surface area contributed by atoms with Crippen molar-refractivity contribution in [2.24, 2.45) is 0 Å². The molecule has 2 heterocycles. The van der Waals surface area contributed by atoms with Gasteiger partial charge in [-0.25, -0.2) is 10.5 Å². The number of amides is 1. The molecule has 0 unspecified atom stereocenters. The third-order valence-electron chi connectivity index (χ3n) is 3.43. The zero-order chi connectivity index (χ0) is 15.4. The number of rotatable bonds is 6. The maximum atomic E-state index is 11.3. The highest BCUT2D eigenvalue weighted by Crippen LogP contribution is 2.23. The lowest BCUT2D eigenvalue weighted by Gasteiger charge is -2.10. The molecule has 0 aromatic carbocycles. The number of aryl methyl sites for hydroxylation is 3. The number of hydrogen-bond acceptors (Lipinski definition) is 4. The summed E-state index contributed by atoms with van der Waals surface area (Å²) >= 11 is 0. The van der Waals surface area contributed by atoms with Crippen LogP contribution in [-0.4, -0.2) is 27.0 Å². The molecule has 6 nitrogen and oxygen atoms in total. The van der Waals surface area contributed by atoms with Crippen molar-refractivity contribution < 1.29 is 10.0 Å². The summed E-state index contributed by atoms with van der Waals surface area (Å²) in [6, 6.07) is 4.11. The number of anilines is 1. The molecule has 0 bridgehead atoms. The van der Waals surface area contributed by atoms with Crippen molar-refractivity contribution in [3.05, 3.63) is 29.1 Å². The monoisotopic (exact) mass is 290 g/mol. The molecule has 2 rings (SSSR count). The van der Waals surface area contributed by atoms with Gasteiger partial charge in [0.1, 0.15) is 11.5 Å². The van der Waals surface area contributed by atoms with Gasteiger partial charge in [-0.05, 0) is 44.4 Å². The highest BCUT2D eigenvalue weighted by molar-refractivity contribution is 5.79. The number of fused-ring (bicyclic) bond motifs is 1. The molecular formula is C15H22N4O2. The summed E-state index contributed by atoms with van der Waals surface area (Å²) < 4.78 is 2.02. The van der Waals surface area contributed by atoms with E-state index in [9.17, 15) is 4.79 Å². The highest BCUT2D eigenvalue weighted by Gasteiger charge is 2.14. The molecule has 0 spiro atoms. The molecule has 0 saturated carbocycles. The van der Waals surface area contributed by atoms with Gasteiger partial charge < -0.3 is 5.32 Å². The second kappa shape index (κ2) is 6.58. The van der Waals surface area contributed by atoms with Crippen LogP contribution in [0, 0.1) is 13.8 Å². The molecule has 0 fully saturated rings. The fraction of sp³-hybridized carbons (Fsp3) is 0.467. The molecule has 0 aliphatic rings. The molecule has 3 N–H and O–H groups in total. The molecule has 2 aromatic rings. The SMILES string of the molecule is CCCCc1nc2cc(C)cc(C)n2c1NCC(=O)NO. The molecule has 0 atom stereocenters. The van der Waals surface area contributed by atoms with Crippen molar-refractivity contribution in [3.8, 4) is 0 Å². The van der Waals surface area contributed by atoms with Crippen LogP contribution >= 0.6 is 0 Å². The van der Waals surface area contributed by atoms with E-state index in [4.69, 9.17) is 5.21 Å². The van der Waals surface area contributed by atoms with Gasteiger partial charge in [-0.2, -0.15) is 0 Å². The molecule has 21 heavy (non-hydrogen) atoms. The third kappa shape index (κ3) is 3.33. The summed E-state index contributed by atoms with van der Waals surface area (Å²) in [4.78, 5) is 15.9. The van der Waals surface area contributed by atoms with Crippen LogP contribution in [0.25, 0.3) is 5.65 Å². The summed E-state index contributed by atoms with van der Waals surface area (Å²) in [7, 11) is 0. The number of carbonyl (C=O) groups is 1. The molecule has 6 heteroatoms. The smallest absolute Gasteiger partial charge is 0.262 e. The molecule has 0 radical (unpaired) electrons. The van der Waals surface area contributed by atoms with E-state index in [-0.39, 0.29) is 6.54 Å². The Morgan fingerprint density at radius 3 is 2.81 bits per heavy atom. The zero-order valence-electron chi connectivity index (χ0n) is 12.7. The fourth-order valence-corrected chi connectivity index (χ4v) is 2.48. The largest absolute Gasteiger partial charge is 0.360 e. The van der Waals surface area contributed by atoms with Crippen LogP contribution < -0.4 is 10.8 Å². The van der Waals surface area contributed by atoms with E-state index in [1.807, 2.05) is 24.3 Å². The fourth-order valence-electron chi connectivity index (χ4n) is 2.48. The number of hydroxylamine groups is 1. The van der Waals surface area contributed by atoms with Gasteiger partial charge in [-0.3, -0.25) is 14.4 Å². The van der Waals surface area contributed by atoms with Crippen LogP contribution in [0.15, 0.2) is 12.1 Å². The Labute approximate surface area is 124 Å². The summed E-state index contributed by atoms with van der Waals surface area (Å²) in [6.45, 7) is 6.20. The Balaban J connectivity index is 2.43. The first kappa shape index (κ1) is 15.3. The van der Waals surface area contributed by atoms with E-state index in [2.05, 4.69) is 23.3 Å². The maximum Gasteiger partial charge on any atom is 0.262 e. The molecule has 0 aliphatic carbocycles. The van der Waals surface area contributed by atoms with Crippen molar-refractivity contribution in [2.45, 2.75) is 40.0 Å². The Kier molecular flexibility index (Phi) is 4.80. The number of aromatic nitrogens is 2. The first-order valence-corrected chi connectivity index (χ1v) is 7.22. The van der Waals surface area contributed by atoms with Crippen molar-refractivity contribution in [2.75, 3.05) is 11.9 Å². The van der Waals surface area contributed by atoms with Gasteiger partial charge in [-0.15, -0.1) is 0 Å². The average molecular weight is 290 g/mol. The molecule has 0 saturated heterocycles. The van der Waals surface area contributed by atoms with Crippen LogP contribution in [-0.2, 0) is 11.2 Å². The number of nitrogens with zero attached hydrogens (tertiary/aromatic N) is 2. The van der Waals surface area contributed by atoms with Gasteiger partial charge in [-0.1, -0.05) is 13.3 Å². The van der Waals surface area contributed by atoms with E-state index < -0.39 is 5.91 Å². The number of unbranched alkanes of at least 4 members (excludes halogenated alkanes) is 1. The summed E-state index contributed by atoms with van der Waals surface area (Å²) in [5.41, 5.74) is 5.69.